The van der Waals surface area contributed by atoms with Crippen LogP contribution in [0.1, 0.15) is 30.4 Å². The van der Waals surface area contributed by atoms with Gasteiger partial charge in [0, 0.05) is 44.1 Å². The van der Waals surface area contributed by atoms with Crippen LogP contribution >= 0.6 is 0 Å². The normalized spacial score (nSPS) is 26.7. The molecule has 0 radical (unpaired) electrons. The summed E-state index contributed by atoms with van der Waals surface area (Å²) in [7, 11) is 4.36. The third-order valence-electron chi connectivity index (χ3n) is 3.97. The number of aromatic nitrogens is 2. The maximum atomic E-state index is 4.56. The summed E-state index contributed by atoms with van der Waals surface area (Å²) < 4.78 is 0. The van der Waals surface area contributed by atoms with Crippen molar-refractivity contribution in [3.8, 4) is 0 Å². The van der Waals surface area contributed by atoms with Gasteiger partial charge in [-0.15, -0.1) is 0 Å². The zero-order valence-corrected chi connectivity index (χ0v) is 11.3. The highest BCUT2D eigenvalue weighted by molar-refractivity contribution is 5.07. The number of nitrogens with one attached hydrogen (secondary N) is 2. The Hall–Kier alpha value is -0.910. The highest BCUT2D eigenvalue weighted by atomic mass is 15.3. The first-order valence-corrected chi connectivity index (χ1v) is 6.88. The Morgan fingerprint density at radius 3 is 3.00 bits per heavy atom. The number of piperazine rings is 1. The van der Waals surface area contributed by atoms with E-state index in [1.807, 2.05) is 6.20 Å². The topological polar surface area (TPSA) is 47.2 Å². The van der Waals surface area contributed by atoms with Gasteiger partial charge >= 0.3 is 0 Å². The summed E-state index contributed by atoms with van der Waals surface area (Å²) in [5.74, 6) is 1.11. The van der Waals surface area contributed by atoms with Gasteiger partial charge in [-0.2, -0.15) is 0 Å². The Kier molecular flexibility index (Phi) is 3.37. The number of H-pyrrole nitrogens is 1. The summed E-state index contributed by atoms with van der Waals surface area (Å²) in [6.07, 6.45) is 4.64. The number of aromatic amines is 1. The van der Waals surface area contributed by atoms with E-state index in [1.165, 1.54) is 18.5 Å². The molecule has 2 fully saturated rings. The number of imidazole rings is 1. The van der Waals surface area contributed by atoms with Gasteiger partial charge < -0.3 is 15.2 Å². The molecule has 2 heterocycles. The highest BCUT2D eigenvalue weighted by Crippen LogP contribution is 2.22. The molecule has 5 nitrogen and oxygen atoms in total. The molecule has 5 heteroatoms. The molecule has 0 bridgehead atoms. The first-order valence-electron chi connectivity index (χ1n) is 6.88. The first-order chi connectivity index (χ1) is 8.72. The van der Waals surface area contributed by atoms with Crippen molar-refractivity contribution in [1.82, 2.24) is 25.1 Å². The van der Waals surface area contributed by atoms with Crippen LogP contribution in [0.5, 0.6) is 0 Å². The van der Waals surface area contributed by atoms with E-state index in [-0.39, 0.29) is 0 Å². The SMILES string of the molecule is CN1CCN(C)C(c2ncc(CNC3CC3)[nH]2)C1. The molecule has 2 aliphatic rings. The van der Waals surface area contributed by atoms with E-state index in [9.17, 15) is 0 Å². The first kappa shape index (κ1) is 12.1. The zero-order chi connectivity index (χ0) is 12.5. The van der Waals surface area contributed by atoms with Crippen molar-refractivity contribution in [2.75, 3.05) is 33.7 Å². The summed E-state index contributed by atoms with van der Waals surface area (Å²) >= 11 is 0. The molecule has 1 saturated heterocycles. The summed E-state index contributed by atoms with van der Waals surface area (Å²) in [6, 6.07) is 1.15. The van der Waals surface area contributed by atoms with Crippen LogP contribution in [0.25, 0.3) is 0 Å². The van der Waals surface area contributed by atoms with Gasteiger partial charge in [0.1, 0.15) is 5.82 Å². The number of rotatable bonds is 4. The predicted octanol–water partition coefficient (Wildman–Crippen LogP) is 0.580. The van der Waals surface area contributed by atoms with Gasteiger partial charge in [-0.1, -0.05) is 0 Å². The molecule has 3 rings (SSSR count). The minimum Gasteiger partial charge on any atom is -0.343 e. The number of hydrogen-bond acceptors (Lipinski definition) is 4. The lowest BCUT2D eigenvalue weighted by Gasteiger charge is -2.36. The Morgan fingerprint density at radius 1 is 1.39 bits per heavy atom. The van der Waals surface area contributed by atoms with Gasteiger partial charge in [-0.25, -0.2) is 4.98 Å². The molecule has 1 unspecified atom stereocenters. The minimum atomic E-state index is 0.401. The molecule has 1 aliphatic heterocycles. The van der Waals surface area contributed by atoms with Crippen molar-refractivity contribution in [1.29, 1.82) is 0 Å². The van der Waals surface area contributed by atoms with Crippen molar-refractivity contribution in [2.24, 2.45) is 0 Å². The molecular formula is C13H23N5. The van der Waals surface area contributed by atoms with E-state index in [0.717, 1.165) is 38.0 Å². The van der Waals surface area contributed by atoms with E-state index in [2.05, 4.69) is 39.2 Å². The fourth-order valence-corrected chi connectivity index (χ4v) is 2.48. The highest BCUT2D eigenvalue weighted by Gasteiger charge is 2.26. The third kappa shape index (κ3) is 2.74. The summed E-state index contributed by atoms with van der Waals surface area (Å²) in [5, 5.41) is 3.51. The molecule has 100 valence electrons. The summed E-state index contributed by atoms with van der Waals surface area (Å²) in [5.41, 5.74) is 1.21. The van der Waals surface area contributed by atoms with Crippen molar-refractivity contribution in [2.45, 2.75) is 31.5 Å². The van der Waals surface area contributed by atoms with Crippen molar-refractivity contribution < 1.29 is 0 Å². The average Bonchev–Trinajstić information content (AvgIpc) is 3.08. The van der Waals surface area contributed by atoms with E-state index < -0.39 is 0 Å². The van der Waals surface area contributed by atoms with E-state index in [1.54, 1.807) is 0 Å². The Balaban J connectivity index is 1.63. The van der Waals surface area contributed by atoms with Crippen molar-refractivity contribution in [3.05, 3.63) is 17.7 Å². The second-order valence-electron chi connectivity index (χ2n) is 5.71. The van der Waals surface area contributed by atoms with Crippen LogP contribution in [0.2, 0.25) is 0 Å². The molecular weight excluding hydrogens is 226 g/mol. The largest absolute Gasteiger partial charge is 0.343 e. The average molecular weight is 249 g/mol. The van der Waals surface area contributed by atoms with E-state index >= 15 is 0 Å². The van der Waals surface area contributed by atoms with Crippen LogP contribution in [-0.4, -0.2) is 59.5 Å². The fraction of sp³-hybridized carbons (Fsp3) is 0.769. The van der Waals surface area contributed by atoms with Gasteiger partial charge in [-0.05, 0) is 26.9 Å². The standard InChI is InChI=1S/C13H23N5/c1-17-5-6-18(2)12(9-17)13-15-8-11(16-13)7-14-10-3-4-10/h8,10,12,14H,3-7,9H2,1-2H3,(H,15,16). The lowest BCUT2D eigenvalue weighted by molar-refractivity contribution is 0.110. The van der Waals surface area contributed by atoms with Gasteiger partial charge in [0.2, 0.25) is 0 Å². The molecule has 1 saturated carbocycles. The Morgan fingerprint density at radius 2 is 2.22 bits per heavy atom. The van der Waals surface area contributed by atoms with Crippen LogP contribution in [0, 0.1) is 0 Å². The molecule has 18 heavy (non-hydrogen) atoms. The lowest BCUT2D eigenvalue weighted by Crippen LogP contribution is -2.45. The summed E-state index contributed by atoms with van der Waals surface area (Å²) in [4.78, 5) is 12.8. The second kappa shape index (κ2) is 4.99. The number of likely N-dealkylation sites (N-methyl/N-ethyl adjacent to an activating group) is 2. The smallest absolute Gasteiger partial charge is 0.125 e. The maximum Gasteiger partial charge on any atom is 0.125 e. The van der Waals surface area contributed by atoms with Gasteiger partial charge in [0.05, 0.1) is 6.04 Å². The molecule has 1 atom stereocenters. The van der Waals surface area contributed by atoms with Gasteiger partial charge in [0.25, 0.3) is 0 Å². The Bertz CT molecular complexity index is 398. The van der Waals surface area contributed by atoms with Crippen LogP contribution in [0.4, 0.5) is 0 Å². The molecule has 1 aromatic heterocycles. The van der Waals surface area contributed by atoms with Crippen LogP contribution in [0.3, 0.4) is 0 Å². The second-order valence-corrected chi connectivity index (χ2v) is 5.71. The molecule has 1 aliphatic carbocycles. The van der Waals surface area contributed by atoms with Crippen molar-refractivity contribution >= 4 is 0 Å². The van der Waals surface area contributed by atoms with Gasteiger partial charge in [-0.3, -0.25) is 4.90 Å². The maximum absolute atomic E-state index is 4.56. The third-order valence-corrected chi connectivity index (χ3v) is 3.97. The van der Waals surface area contributed by atoms with Crippen LogP contribution in [-0.2, 0) is 6.54 Å². The lowest BCUT2D eigenvalue weighted by atomic mass is 10.2. The van der Waals surface area contributed by atoms with E-state index in [0.29, 0.717) is 6.04 Å². The molecule has 0 aromatic carbocycles. The predicted molar refractivity (Wildman–Crippen MR) is 71.3 cm³/mol. The zero-order valence-electron chi connectivity index (χ0n) is 11.3. The molecule has 0 amide bonds. The van der Waals surface area contributed by atoms with Crippen LogP contribution in [0.15, 0.2) is 6.20 Å². The fourth-order valence-electron chi connectivity index (χ4n) is 2.48. The molecule has 0 spiro atoms. The van der Waals surface area contributed by atoms with Crippen molar-refractivity contribution in [3.63, 3.8) is 0 Å². The number of hydrogen-bond donors (Lipinski definition) is 2. The molecule has 2 N–H and O–H groups in total. The summed E-state index contributed by atoms with van der Waals surface area (Å²) in [6.45, 7) is 4.23. The molecule has 1 aromatic rings. The van der Waals surface area contributed by atoms with E-state index in [4.69, 9.17) is 0 Å². The van der Waals surface area contributed by atoms with Gasteiger partial charge in [0.15, 0.2) is 0 Å². The minimum absolute atomic E-state index is 0.401. The number of nitrogens with zero attached hydrogens (tertiary/aromatic N) is 3. The Labute approximate surface area is 109 Å². The quantitative estimate of drug-likeness (QED) is 0.819. The monoisotopic (exact) mass is 249 g/mol. The van der Waals surface area contributed by atoms with Crippen LogP contribution < -0.4 is 5.32 Å².